The maximum Gasteiger partial charge on any atom is 0.0678 e. The normalized spacial score (nSPS) is 14.7. The predicted molar refractivity (Wildman–Crippen MR) is 87.0 cm³/mol. The summed E-state index contributed by atoms with van der Waals surface area (Å²) in [6, 6.07) is 7.47. The lowest BCUT2D eigenvalue weighted by Crippen LogP contribution is -2.15. The first-order valence-electron chi connectivity index (χ1n) is 7.98. The third kappa shape index (κ3) is 2.88. The second-order valence-electron chi connectivity index (χ2n) is 6.19. The Balaban J connectivity index is 1.88. The summed E-state index contributed by atoms with van der Waals surface area (Å²) in [6.45, 7) is 9.62. The maximum atomic E-state index is 4.73. The largest absolute Gasteiger partial charge is 0.310 e. The molecule has 1 N–H and O–H groups in total. The Kier molecular flexibility index (Phi) is 3.85. The topological polar surface area (TPSA) is 29.9 Å². The third-order valence-corrected chi connectivity index (χ3v) is 4.46. The number of nitrogens with zero attached hydrogens (tertiary/aromatic N) is 2. The molecule has 3 heteroatoms. The van der Waals surface area contributed by atoms with Crippen LogP contribution in [-0.4, -0.2) is 15.8 Å². The van der Waals surface area contributed by atoms with Crippen molar-refractivity contribution in [2.45, 2.75) is 59.5 Å². The number of nitrogens with one attached hydrogen (secondary N) is 1. The highest BCUT2D eigenvalue weighted by molar-refractivity contribution is 5.45. The van der Waals surface area contributed by atoms with Gasteiger partial charge in [0.2, 0.25) is 0 Å². The highest BCUT2D eigenvalue weighted by atomic mass is 15.3. The third-order valence-electron chi connectivity index (χ3n) is 4.46. The van der Waals surface area contributed by atoms with Gasteiger partial charge in [0.25, 0.3) is 0 Å². The second kappa shape index (κ2) is 5.64. The van der Waals surface area contributed by atoms with Crippen molar-refractivity contribution in [2.24, 2.45) is 0 Å². The molecule has 0 saturated heterocycles. The van der Waals surface area contributed by atoms with Crippen molar-refractivity contribution in [3.05, 3.63) is 46.3 Å². The van der Waals surface area contributed by atoms with Crippen LogP contribution < -0.4 is 5.32 Å². The molecule has 2 aromatic rings. The number of benzene rings is 1. The van der Waals surface area contributed by atoms with Crippen molar-refractivity contribution >= 4 is 0 Å². The number of hydrogen-bond acceptors (Lipinski definition) is 2. The Hall–Kier alpha value is -1.61. The van der Waals surface area contributed by atoms with Crippen LogP contribution in [-0.2, 0) is 13.0 Å². The van der Waals surface area contributed by atoms with E-state index >= 15 is 0 Å². The van der Waals surface area contributed by atoms with Crippen LogP contribution in [0.5, 0.6) is 0 Å². The van der Waals surface area contributed by atoms with Crippen molar-refractivity contribution in [3.63, 3.8) is 0 Å². The molecule has 1 fully saturated rings. The molecule has 1 heterocycles. The fraction of sp³-hybridized carbons (Fsp3) is 0.500. The van der Waals surface area contributed by atoms with E-state index in [0.29, 0.717) is 0 Å². The van der Waals surface area contributed by atoms with Crippen molar-refractivity contribution in [2.75, 3.05) is 0 Å². The molecule has 3 nitrogen and oxygen atoms in total. The zero-order valence-corrected chi connectivity index (χ0v) is 13.5. The van der Waals surface area contributed by atoms with E-state index in [1.165, 1.54) is 40.9 Å². The van der Waals surface area contributed by atoms with Crippen LogP contribution in [0, 0.1) is 20.8 Å². The highest BCUT2D eigenvalue weighted by Gasteiger charge is 2.20. The summed E-state index contributed by atoms with van der Waals surface area (Å²) < 4.78 is 2.10. The molecule has 1 saturated carbocycles. The van der Waals surface area contributed by atoms with E-state index in [0.717, 1.165) is 24.7 Å². The molecular weight excluding hydrogens is 258 g/mol. The van der Waals surface area contributed by atoms with Crippen molar-refractivity contribution in [1.82, 2.24) is 15.1 Å². The van der Waals surface area contributed by atoms with E-state index in [9.17, 15) is 0 Å². The fourth-order valence-electron chi connectivity index (χ4n) is 3.04. The molecule has 0 atom stereocenters. The molecule has 1 aromatic heterocycles. The Labute approximate surface area is 127 Å². The van der Waals surface area contributed by atoms with Crippen LogP contribution in [0.25, 0.3) is 5.69 Å². The molecule has 1 aliphatic rings. The van der Waals surface area contributed by atoms with Gasteiger partial charge in [-0.25, -0.2) is 4.68 Å². The van der Waals surface area contributed by atoms with E-state index in [1.54, 1.807) is 0 Å². The summed E-state index contributed by atoms with van der Waals surface area (Å²) in [5.74, 6) is 0. The van der Waals surface area contributed by atoms with Crippen LogP contribution in [0.2, 0.25) is 0 Å². The van der Waals surface area contributed by atoms with Crippen LogP contribution >= 0.6 is 0 Å². The first-order valence-corrected chi connectivity index (χ1v) is 7.98. The van der Waals surface area contributed by atoms with Gasteiger partial charge in [-0.3, -0.25) is 0 Å². The lowest BCUT2D eigenvalue weighted by Gasteiger charge is -2.11. The second-order valence-corrected chi connectivity index (χ2v) is 6.19. The van der Waals surface area contributed by atoms with Crippen LogP contribution in [0.1, 0.15) is 47.8 Å². The summed E-state index contributed by atoms with van der Waals surface area (Å²) in [5.41, 5.74) is 7.63. The van der Waals surface area contributed by atoms with Gasteiger partial charge in [-0.05, 0) is 62.8 Å². The SMILES string of the molecule is CCc1c(C)nn(-c2ccc(CNC3CC3)cc2C)c1C. The quantitative estimate of drug-likeness (QED) is 0.908. The van der Waals surface area contributed by atoms with E-state index < -0.39 is 0 Å². The van der Waals surface area contributed by atoms with Gasteiger partial charge >= 0.3 is 0 Å². The van der Waals surface area contributed by atoms with Gasteiger partial charge < -0.3 is 5.32 Å². The zero-order valence-electron chi connectivity index (χ0n) is 13.5. The Morgan fingerprint density at radius 1 is 1.24 bits per heavy atom. The standard InChI is InChI=1S/C18H25N3/c1-5-17-13(3)20-21(14(17)4)18-9-6-15(10-12(18)2)11-19-16-7-8-16/h6,9-10,16,19H,5,7-8,11H2,1-4H3. The summed E-state index contributed by atoms with van der Waals surface area (Å²) >= 11 is 0. The number of aromatic nitrogens is 2. The van der Waals surface area contributed by atoms with Gasteiger partial charge in [0.1, 0.15) is 0 Å². The Bertz CT molecular complexity index is 651. The van der Waals surface area contributed by atoms with Crippen molar-refractivity contribution < 1.29 is 0 Å². The molecule has 0 amide bonds. The van der Waals surface area contributed by atoms with Gasteiger partial charge in [-0.2, -0.15) is 5.10 Å². The summed E-state index contributed by atoms with van der Waals surface area (Å²) in [4.78, 5) is 0. The van der Waals surface area contributed by atoms with E-state index in [4.69, 9.17) is 5.10 Å². The van der Waals surface area contributed by atoms with Gasteiger partial charge in [0.05, 0.1) is 11.4 Å². The molecule has 0 radical (unpaired) electrons. The molecule has 0 spiro atoms. The van der Waals surface area contributed by atoms with Crippen LogP contribution in [0.4, 0.5) is 0 Å². The summed E-state index contributed by atoms with van der Waals surface area (Å²) in [6.07, 6.45) is 3.71. The first kappa shape index (κ1) is 14.3. The highest BCUT2D eigenvalue weighted by Crippen LogP contribution is 2.23. The molecule has 3 rings (SSSR count). The van der Waals surface area contributed by atoms with E-state index in [2.05, 4.69) is 55.9 Å². The Morgan fingerprint density at radius 3 is 2.57 bits per heavy atom. The zero-order chi connectivity index (χ0) is 15.0. The molecule has 1 aliphatic carbocycles. The fourth-order valence-corrected chi connectivity index (χ4v) is 3.04. The number of rotatable bonds is 5. The minimum atomic E-state index is 0.758. The molecular formula is C18H25N3. The number of aryl methyl sites for hydroxylation is 2. The molecule has 112 valence electrons. The molecule has 21 heavy (non-hydrogen) atoms. The Morgan fingerprint density at radius 2 is 2.00 bits per heavy atom. The minimum Gasteiger partial charge on any atom is -0.310 e. The molecule has 0 aliphatic heterocycles. The molecule has 0 bridgehead atoms. The summed E-state index contributed by atoms with van der Waals surface area (Å²) in [7, 11) is 0. The van der Waals surface area contributed by atoms with Crippen LogP contribution in [0.15, 0.2) is 18.2 Å². The lowest BCUT2D eigenvalue weighted by atomic mass is 10.1. The van der Waals surface area contributed by atoms with E-state index in [-0.39, 0.29) is 0 Å². The van der Waals surface area contributed by atoms with Gasteiger partial charge in [-0.1, -0.05) is 19.1 Å². The summed E-state index contributed by atoms with van der Waals surface area (Å²) in [5, 5.41) is 8.30. The smallest absolute Gasteiger partial charge is 0.0678 e. The monoisotopic (exact) mass is 283 g/mol. The predicted octanol–water partition coefficient (Wildman–Crippen LogP) is 3.61. The van der Waals surface area contributed by atoms with Crippen molar-refractivity contribution in [1.29, 1.82) is 0 Å². The number of hydrogen-bond donors (Lipinski definition) is 1. The van der Waals surface area contributed by atoms with Gasteiger partial charge in [0, 0.05) is 18.3 Å². The van der Waals surface area contributed by atoms with Crippen LogP contribution in [0.3, 0.4) is 0 Å². The van der Waals surface area contributed by atoms with Gasteiger partial charge in [-0.15, -0.1) is 0 Å². The minimum absolute atomic E-state index is 0.758. The van der Waals surface area contributed by atoms with Crippen molar-refractivity contribution in [3.8, 4) is 5.69 Å². The average Bonchev–Trinajstić information content (AvgIpc) is 3.23. The maximum absolute atomic E-state index is 4.73. The average molecular weight is 283 g/mol. The molecule has 0 unspecified atom stereocenters. The first-order chi connectivity index (χ1) is 10.1. The lowest BCUT2D eigenvalue weighted by molar-refractivity contribution is 0.687. The van der Waals surface area contributed by atoms with E-state index in [1.807, 2.05) is 0 Å². The van der Waals surface area contributed by atoms with Gasteiger partial charge in [0.15, 0.2) is 0 Å². The molecule has 1 aromatic carbocycles.